The van der Waals surface area contributed by atoms with Gasteiger partial charge < -0.3 is 34.2 Å². The lowest BCUT2D eigenvalue weighted by Gasteiger charge is -2.21. The van der Waals surface area contributed by atoms with E-state index in [9.17, 15) is 43.5 Å². The first-order valence-corrected chi connectivity index (χ1v) is 46.7. The lowest BCUT2D eigenvalue weighted by molar-refractivity contribution is -0.161. The molecule has 0 saturated heterocycles. The number of allylic oxidation sites excluding steroid dienone is 32. The van der Waals surface area contributed by atoms with Gasteiger partial charge in [-0.3, -0.25) is 32.5 Å². The molecule has 0 bridgehead atoms. The number of phosphoric ester groups is 2. The molecule has 0 saturated carbocycles. The summed E-state index contributed by atoms with van der Waals surface area (Å²) in [6.45, 7) is 2.39. The van der Waals surface area contributed by atoms with Crippen LogP contribution in [0.3, 0.4) is 0 Å². The number of ether oxygens (including phenoxy) is 3. The molecule has 0 aromatic rings. The van der Waals surface area contributed by atoms with Crippen LogP contribution in [0.15, 0.2) is 194 Å². The molecule has 642 valence electrons. The molecule has 0 heterocycles. The number of aliphatic hydroxyl groups is 2. The number of hydrogen-bond donors (Lipinski definition) is 4. The third kappa shape index (κ3) is 87.1. The zero-order valence-electron chi connectivity index (χ0n) is 70.5. The highest BCUT2D eigenvalue weighted by Gasteiger charge is 2.29. The number of aliphatic hydroxyl groups excluding tert-OH is 2. The normalized spacial score (nSPS) is 14.8. The van der Waals surface area contributed by atoms with E-state index in [-0.39, 0.29) is 19.3 Å². The molecule has 0 aliphatic carbocycles. The molecule has 0 aliphatic rings. The lowest BCUT2D eigenvalue weighted by Crippen LogP contribution is -2.30. The first-order valence-electron chi connectivity index (χ1n) is 43.7. The minimum Gasteiger partial charge on any atom is -0.463 e. The average molecular weight is 1620 g/mol. The van der Waals surface area contributed by atoms with Gasteiger partial charge in [-0.2, -0.15) is 0 Å². The van der Waals surface area contributed by atoms with Crippen molar-refractivity contribution in [1.29, 1.82) is 0 Å². The van der Waals surface area contributed by atoms with Crippen LogP contribution in [0.4, 0.5) is 0 Å². The fourth-order valence-electron chi connectivity index (χ4n) is 11.2. The molecule has 0 aliphatic heterocycles. The van der Waals surface area contributed by atoms with Crippen LogP contribution in [-0.2, 0) is 55.8 Å². The second kappa shape index (κ2) is 85.8. The monoisotopic (exact) mass is 1620 g/mol. The Balaban J connectivity index is 4.67. The summed E-state index contributed by atoms with van der Waals surface area (Å²) in [5.74, 6) is -1.62. The van der Waals surface area contributed by atoms with Gasteiger partial charge in [0.15, 0.2) is 6.10 Å². The van der Waals surface area contributed by atoms with Crippen molar-refractivity contribution < 1.29 is 75.8 Å². The Hall–Kier alpha value is -5.61. The van der Waals surface area contributed by atoms with E-state index in [1.54, 1.807) is 0 Å². The van der Waals surface area contributed by atoms with Crippen LogP contribution >= 0.6 is 15.6 Å². The number of unbranched alkanes of at least 4 members (excludes halogenated alkanes) is 26. The number of phosphoric acid groups is 2. The Labute approximate surface area is 687 Å². The Morgan fingerprint density at radius 2 is 0.469 bits per heavy atom. The Morgan fingerprint density at radius 3 is 0.743 bits per heavy atom. The van der Waals surface area contributed by atoms with Gasteiger partial charge in [0.25, 0.3) is 0 Å². The van der Waals surface area contributed by atoms with E-state index in [2.05, 4.69) is 215 Å². The van der Waals surface area contributed by atoms with Gasteiger partial charge in [-0.1, -0.05) is 337 Å². The first kappa shape index (κ1) is 107. The van der Waals surface area contributed by atoms with Crippen molar-refractivity contribution in [3.63, 3.8) is 0 Å². The smallest absolute Gasteiger partial charge is 0.463 e. The third-order valence-corrected chi connectivity index (χ3v) is 19.7. The number of carbonyl (C=O) groups is 3. The van der Waals surface area contributed by atoms with E-state index in [1.807, 2.05) is 0 Å². The molecule has 16 nitrogen and oxygen atoms in total. The summed E-state index contributed by atoms with van der Waals surface area (Å²) < 4.78 is 61.4. The topological polar surface area (TPSA) is 231 Å². The molecule has 0 radical (unpaired) electrons. The fraction of sp³-hybridized carbons (Fsp3) is 0.632. The van der Waals surface area contributed by atoms with Crippen LogP contribution in [-0.4, -0.2) is 95.9 Å². The highest BCUT2D eigenvalue weighted by Crippen LogP contribution is 2.45. The zero-order chi connectivity index (χ0) is 82.2. The van der Waals surface area contributed by atoms with Gasteiger partial charge >= 0.3 is 33.6 Å². The molecule has 0 aromatic heterocycles. The molecular weight excluding hydrogens is 1460 g/mol. The summed E-state index contributed by atoms with van der Waals surface area (Å²) in [5, 5.41) is 20.7. The molecular formula is C95H156O16P2. The van der Waals surface area contributed by atoms with Gasteiger partial charge in [-0.25, -0.2) is 9.13 Å². The minimum atomic E-state index is -4.96. The van der Waals surface area contributed by atoms with Crippen molar-refractivity contribution in [2.45, 2.75) is 347 Å². The Morgan fingerprint density at radius 1 is 0.257 bits per heavy atom. The number of esters is 3. The highest BCUT2D eigenvalue weighted by molar-refractivity contribution is 7.47. The number of rotatable bonds is 81. The fourth-order valence-corrected chi connectivity index (χ4v) is 12.8. The van der Waals surface area contributed by atoms with Crippen molar-refractivity contribution in [2.75, 3.05) is 39.6 Å². The van der Waals surface area contributed by atoms with E-state index in [0.29, 0.717) is 19.3 Å². The van der Waals surface area contributed by atoms with E-state index in [1.165, 1.54) is 77.0 Å². The van der Waals surface area contributed by atoms with E-state index in [4.69, 9.17) is 32.3 Å². The summed E-state index contributed by atoms with van der Waals surface area (Å²) in [6, 6.07) is 0. The standard InChI is InChI=1S/C95H156O16P2/c1-4-7-10-13-16-19-22-25-28-31-34-37-40-41-42-43-44-45-46-47-50-52-54-57-60-63-66-69-72-75-78-81-93(98)105-84-90(96)85-107-112(101,102)108-86-91(97)87-109-113(103,104)110-89-92(111-95(100)83-80-77-74-71-68-65-62-59-56-53-49-39-36-33-30-27-24-21-18-15-12-9-6-3)88-106-94(99)82-79-76-73-70-67-64-61-58-55-51-48-38-35-32-29-26-23-20-17-14-11-8-5-2/h7-8,10-11,16-21,25-30,34-39,41-42,44-45,51,53,55-56,61,64,90-92,96-97H,4-6,9,12-15,22-24,31-33,40,43,46-50,52,54,57-60,62-63,65-89H2,1-3H3,(H,101,102)(H,103,104)/b10-7-,11-8-,19-16-,20-17-,21-18-,28-25-,29-26-,30-27-,37-34-,38-35-,39-36-,42-41-,45-44-,55-51-,56-53-,64-61-. The van der Waals surface area contributed by atoms with Crippen molar-refractivity contribution in [3.05, 3.63) is 194 Å². The third-order valence-electron chi connectivity index (χ3n) is 17.8. The summed E-state index contributed by atoms with van der Waals surface area (Å²) >= 11 is 0. The SMILES string of the molecule is CC/C=C\C/C=C\C/C=C\C/C=C\C/C=C\C/C=C\CCCCCCCCCCCCCCC(=O)OCC(O)COP(=O)(O)OCC(O)COP(=O)(O)OCC(COC(=O)CCCCCC/C=C\C/C=C\C/C=C\C/C=C\C/C=C\C/C=C\CC)OC(=O)CCCCCCCCC/C=C\C/C=C\C/C=C\C/C=C\CCCCC. The number of carbonyl (C=O) groups excluding carboxylic acids is 3. The Kier molecular flexibility index (Phi) is 81.5. The van der Waals surface area contributed by atoms with Crippen molar-refractivity contribution in [3.8, 4) is 0 Å². The van der Waals surface area contributed by atoms with Gasteiger partial charge in [0.2, 0.25) is 0 Å². The summed E-state index contributed by atoms with van der Waals surface area (Å²) in [7, 11) is -9.83. The van der Waals surface area contributed by atoms with Crippen LogP contribution in [0.5, 0.6) is 0 Å². The maximum atomic E-state index is 13.1. The molecule has 0 amide bonds. The van der Waals surface area contributed by atoms with Gasteiger partial charge in [0.1, 0.15) is 25.4 Å². The van der Waals surface area contributed by atoms with Crippen molar-refractivity contribution in [1.82, 2.24) is 0 Å². The molecule has 5 unspecified atom stereocenters. The molecule has 0 spiro atoms. The average Bonchev–Trinajstić information content (AvgIpc) is 0.903. The Bertz CT molecular complexity index is 2830. The minimum absolute atomic E-state index is 0.0790. The van der Waals surface area contributed by atoms with Crippen LogP contribution in [0.1, 0.15) is 329 Å². The largest absolute Gasteiger partial charge is 0.472 e. The van der Waals surface area contributed by atoms with Crippen molar-refractivity contribution >= 4 is 33.6 Å². The van der Waals surface area contributed by atoms with Crippen LogP contribution in [0.25, 0.3) is 0 Å². The summed E-state index contributed by atoms with van der Waals surface area (Å²) in [5.41, 5.74) is 0. The molecule has 0 aromatic carbocycles. The summed E-state index contributed by atoms with van der Waals surface area (Å²) in [6.07, 6.45) is 113. The summed E-state index contributed by atoms with van der Waals surface area (Å²) in [4.78, 5) is 58.9. The van der Waals surface area contributed by atoms with Crippen LogP contribution in [0.2, 0.25) is 0 Å². The van der Waals surface area contributed by atoms with E-state index >= 15 is 0 Å². The number of hydrogen-bond acceptors (Lipinski definition) is 14. The second-order valence-electron chi connectivity index (χ2n) is 28.6. The maximum absolute atomic E-state index is 13.1. The molecule has 0 rings (SSSR count). The quantitative estimate of drug-likeness (QED) is 0.0146. The molecule has 0 fully saturated rings. The zero-order valence-corrected chi connectivity index (χ0v) is 72.3. The van der Waals surface area contributed by atoms with Crippen molar-refractivity contribution in [2.24, 2.45) is 0 Å². The highest BCUT2D eigenvalue weighted by atomic mass is 31.2. The van der Waals surface area contributed by atoms with Gasteiger partial charge in [0.05, 0.1) is 26.4 Å². The lowest BCUT2D eigenvalue weighted by atomic mass is 10.0. The molecule has 113 heavy (non-hydrogen) atoms. The van der Waals surface area contributed by atoms with Crippen LogP contribution in [0, 0.1) is 0 Å². The van der Waals surface area contributed by atoms with Gasteiger partial charge in [-0.15, -0.1) is 0 Å². The maximum Gasteiger partial charge on any atom is 0.472 e. The molecule has 5 atom stereocenters. The molecule has 4 N–H and O–H groups in total. The first-order chi connectivity index (χ1) is 55.2. The predicted molar refractivity (Wildman–Crippen MR) is 472 cm³/mol. The van der Waals surface area contributed by atoms with Gasteiger partial charge in [0, 0.05) is 19.3 Å². The second-order valence-corrected chi connectivity index (χ2v) is 31.5. The molecule has 18 heteroatoms. The predicted octanol–water partition coefficient (Wildman–Crippen LogP) is 26.7. The van der Waals surface area contributed by atoms with Gasteiger partial charge in [-0.05, 0) is 167 Å². The van der Waals surface area contributed by atoms with E-state index in [0.717, 1.165) is 193 Å². The van der Waals surface area contributed by atoms with Crippen LogP contribution < -0.4 is 0 Å². The van der Waals surface area contributed by atoms with E-state index < -0.39 is 91.5 Å².